The molecule has 3 rings (SSSR count). The van der Waals surface area contributed by atoms with Gasteiger partial charge in [0.15, 0.2) is 17.4 Å². The number of hydrogen-bond donors (Lipinski definition) is 0. The van der Waals surface area contributed by atoms with Crippen molar-refractivity contribution >= 4 is 22.5 Å². The summed E-state index contributed by atoms with van der Waals surface area (Å²) in [5.41, 5.74) is 1.78. The van der Waals surface area contributed by atoms with Crippen LogP contribution in [0.15, 0.2) is 36.5 Å². The Kier molecular flexibility index (Phi) is 5.06. The predicted octanol–water partition coefficient (Wildman–Crippen LogP) is 3.95. The van der Waals surface area contributed by atoms with Gasteiger partial charge in [0.25, 0.3) is 0 Å². The van der Waals surface area contributed by atoms with Gasteiger partial charge in [-0.25, -0.2) is 9.37 Å². The number of nitrogens with zero attached hydrogens (tertiary/aromatic N) is 3. The maximum absolute atomic E-state index is 15.1. The number of anilines is 2. The van der Waals surface area contributed by atoms with Gasteiger partial charge in [0, 0.05) is 12.6 Å². The number of para-hydroxylation sites is 2. The summed E-state index contributed by atoms with van der Waals surface area (Å²) in [6.45, 7) is 2.38. The van der Waals surface area contributed by atoms with Crippen molar-refractivity contribution in [1.82, 2.24) is 9.97 Å². The normalized spacial score (nSPS) is 10.7. The van der Waals surface area contributed by atoms with E-state index < -0.39 is 5.82 Å². The largest absolute Gasteiger partial charge is 0.493 e. The number of methoxy groups -OCH3 is 3. The Morgan fingerprint density at radius 2 is 1.69 bits per heavy atom. The standard InChI is InChI=1S/C19H20FN3O3/c1-5-23(16-11-21-12-8-6-7-9-13(12)22-16)14-10-15(24-2)18(25-3)19(26-4)17(14)20/h6-11H,5H2,1-4H3. The minimum Gasteiger partial charge on any atom is -0.493 e. The SMILES string of the molecule is CCN(c1cnc2ccccc2n1)c1cc(OC)c(OC)c(OC)c1F. The Hall–Kier alpha value is -3.09. The smallest absolute Gasteiger partial charge is 0.206 e. The van der Waals surface area contributed by atoms with E-state index >= 15 is 4.39 Å². The summed E-state index contributed by atoms with van der Waals surface area (Å²) in [5, 5.41) is 0. The molecule has 0 bridgehead atoms. The second-order valence-electron chi connectivity index (χ2n) is 5.44. The lowest BCUT2D eigenvalue weighted by Crippen LogP contribution is -2.19. The van der Waals surface area contributed by atoms with E-state index in [-0.39, 0.29) is 17.2 Å². The van der Waals surface area contributed by atoms with Gasteiger partial charge in [-0.3, -0.25) is 4.98 Å². The van der Waals surface area contributed by atoms with Crippen LogP contribution in [0, 0.1) is 5.82 Å². The Balaban J connectivity index is 2.17. The summed E-state index contributed by atoms with van der Waals surface area (Å²) in [6, 6.07) is 9.09. The highest BCUT2D eigenvalue weighted by atomic mass is 19.1. The molecule has 1 aromatic heterocycles. The molecule has 0 aliphatic rings. The van der Waals surface area contributed by atoms with Gasteiger partial charge in [0.2, 0.25) is 11.5 Å². The number of ether oxygens (including phenoxy) is 3. The predicted molar refractivity (Wildman–Crippen MR) is 98.3 cm³/mol. The highest BCUT2D eigenvalue weighted by Gasteiger charge is 2.25. The number of aromatic nitrogens is 2. The molecule has 0 N–H and O–H groups in total. The summed E-state index contributed by atoms with van der Waals surface area (Å²) in [7, 11) is 4.31. The molecule has 136 valence electrons. The van der Waals surface area contributed by atoms with Gasteiger partial charge in [0.05, 0.1) is 44.2 Å². The van der Waals surface area contributed by atoms with Crippen LogP contribution in [0.1, 0.15) is 6.92 Å². The van der Waals surface area contributed by atoms with Crippen LogP contribution in [0.3, 0.4) is 0 Å². The van der Waals surface area contributed by atoms with Gasteiger partial charge in [-0.2, -0.15) is 0 Å². The van der Waals surface area contributed by atoms with Gasteiger partial charge in [-0.15, -0.1) is 0 Å². The van der Waals surface area contributed by atoms with Gasteiger partial charge in [-0.1, -0.05) is 12.1 Å². The highest BCUT2D eigenvalue weighted by molar-refractivity contribution is 5.77. The number of halogens is 1. The first-order chi connectivity index (χ1) is 12.6. The lowest BCUT2D eigenvalue weighted by molar-refractivity contribution is 0.313. The molecular weight excluding hydrogens is 337 g/mol. The minimum absolute atomic E-state index is 0.0194. The second-order valence-corrected chi connectivity index (χ2v) is 5.44. The van der Waals surface area contributed by atoms with Crippen molar-refractivity contribution in [3.05, 3.63) is 42.3 Å². The monoisotopic (exact) mass is 357 g/mol. The molecular formula is C19H20FN3O3. The molecule has 0 amide bonds. The van der Waals surface area contributed by atoms with Crippen molar-refractivity contribution in [2.45, 2.75) is 6.92 Å². The van der Waals surface area contributed by atoms with E-state index in [9.17, 15) is 0 Å². The summed E-state index contributed by atoms with van der Waals surface area (Å²) < 4.78 is 30.9. The Morgan fingerprint density at radius 3 is 2.31 bits per heavy atom. The molecule has 0 spiro atoms. The maximum atomic E-state index is 15.1. The van der Waals surface area contributed by atoms with Gasteiger partial charge in [0.1, 0.15) is 0 Å². The molecule has 6 nitrogen and oxygen atoms in total. The van der Waals surface area contributed by atoms with Gasteiger partial charge in [-0.05, 0) is 19.1 Å². The van der Waals surface area contributed by atoms with Crippen molar-refractivity contribution in [2.75, 3.05) is 32.8 Å². The lowest BCUT2D eigenvalue weighted by Gasteiger charge is -2.25. The highest BCUT2D eigenvalue weighted by Crippen LogP contribution is 2.45. The molecule has 0 atom stereocenters. The molecule has 1 heterocycles. The fourth-order valence-corrected chi connectivity index (χ4v) is 2.84. The fourth-order valence-electron chi connectivity index (χ4n) is 2.84. The van der Waals surface area contributed by atoms with Gasteiger partial charge < -0.3 is 19.1 Å². The Labute approximate surface area is 151 Å². The zero-order valence-electron chi connectivity index (χ0n) is 15.1. The third-order valence-corrected chi connectivity index (χ3v) is 4.07. The molecule has 2 aromatic carbocycles. The van der Waals surface area contributed by atoms with Crippen molar-refractivity contribution in [3.63, 3.8) is 0 Å². The summed E-state index contributed by atoms with van der Waals surface area (Å²) in [5.74, 6) is 0.528. The summed E-state index contributed by atoms with van der Waals surface area (Å²) in [4.78, 5) is 10.7. The molecule has 0 saturated carbocycles. The van der Waals surface area contributed by atoms with Crippen LogP contribution in [0.2, 0.25) is 0 Å². The van der Waals surface area contributed by atoms with Crippen molar-refractivity contribution in [2.24, 2.45) is 0 Å². The fraction of sp³-hybridized carbons (Fsp3) is 0.263. The molecule has 0 fully saturated rings. The molecule has 0 aliphatic carbocycles. The van der Waals surface area contributed by atoms with Crippen LogP contribution in [0.4, 0.5) is 15.9 Å². The van der Waals surface area contributed by atoms with E-state index in [2.05, 4.69) is 9.97 Å². The Morgan fingerprint density at radius 1 is 1.00 bits per heavy atom. The van der Waals surface area contributed by atoms with Crippen molar-refractivity contribution < 1.29 is 18.6 Å². The molecule has 0 unspecified atom stereocenters. The van der Waals surface area contributed by atoms with Crippen molar-refractivity contribution in [3.8, 4) is 17.2 Å². The van der Waals surface area contributed by atoms with Gasteiger partial charge >= 0.3 is 0 Å². The van der Waals surface area contributed by atoms with Crippen LogP contribution in [-0.2, 0) is 0 Å². The third-order valence-electron chi connectivity index (χ3n) is 4.07. The van der Waals surface area contributed by atoms with E-state index in [1.165, 1.54) is 21.3 Å². The Bertz CT molecular complexity index is 933. The zero-order valence-corrected chi connectivity index (χ0v) is 15.1. The van der Waals surface area contributed by atoms with Crippen LogP contribution < -0.4 is 19.1 Å². The number of benzene rings is 2. The molecule has 7 heteroatoms. The molecule has 26 heavy (non-hydrogen) atoms. The number of hydrogen-bond acceptors (Lipinski definition) is 6. The molecule has 0 aliphatic heterocycles. The first-order valence-corrected chi connectivity index (χ1v) is 8.12. The van der Waals surface area contributed by atoms with Crippen molar-refractivity contribution in [1.29, 1.82) is 0 Å². The topological polar surface area (TPSA) is 56.7 Å². The van der Waals surface area contributed by atoms with Crippen LogP contribution >= 0.6 is 0 Å². The lowest BCUT2D eigenvalue weighted by atomic mass is 10.2. The number of rotatable bonds is 6. The van der Waals surface area contributed by atoms with Crippen LogP contribution in [0.25, 0.3) is 11.0 Å². The number of fused-ring (bicyclic) bond motifs is 1. The first kappa shape index (κ1) is 17.7. The third kappa shape index (κ3) is 2.96. The van der Waals surface area contributed by atoms with E-state index in [0.717, 1.165) is 11.0 Å². The molecule has 3 aromatic rings. The quantitative estimate of drug-likeness (QED) is 0.666. The summed E-state index contributed by atoms with van der Waals surface area (Å²) >= 11 is 0. The first-order valence-electron chi connectivity index (χ1n) is 8.12. The van der Waals surface area contributed by atoms with E-state index in [1.807, 2.05) is 31.2 Å². The van der Waals surface area contributed by atoms with E-state index in [4.69, 9.17) is 14.2 Å². The molecule has 0 radical (unpaired) electrons. The average molecular weight is 357 g/mol. The summed E-state index contributed by atoms with van der Waals surface area (Å²) in [6.07, 6.45) is 1.62. The molecule has 0 saturated heterocycles. The van der Waals surface area contributed by atoms with E-state index in [0.29, 0.717) is 18.1 Å². The van der Waals surface area contributed by atoms with Crippen LogP contribution in [0.5, 0.6) is 17.2 Å². The van der Waals surface area contributed by atoms with E-state index in [1.54, 1.807) is 17.2 Å². The zero-order chi connectivity index (χ0) is 18.7. The second kappa shape index (κ2) is 7.43. The maximum Gasteiger partial charge on any atom is 0.206 e. The van der Waals surface area contributed by atoms with Crippen LogP contribution in [-0.4, -0.2) is 37.8 Å². The minimum atomic E-state index is -0.554. The average Bonchev–Trinajstić information content (AvgIpc) is 2.69.